The molecule has 4 heteroatoms. The fourth-order valence-electron chi connectivity index (χ4n) is 2.43. The molecule has 0 saturated heterocycles. The molecule has 118 valence electrons. The Morgan fingerprint density at radius 2 is 1.91 bits per heavy atom. The minimum Gasteiger partial charge on any atom is -0.298 e. The predicted molar refractivity (Wildman–Crippen MR) is 97.5 cm³/mol. The number of thiazole rings is 1. The molecular weight excluding hydrogens is 304 g/mol. The zero-order chi connectivity index (χ0) is 16.4. The SMILES string of the molecule is CCc1ccc2nc(NC(=O)c3ccc(C(C)C)cc3)sc2c1. The molecule has 3 nitrogen and oxygen atoms in total. The van der Waals surface area contributed by atoms with Crippen molar-refractivity contribution in [2.75, 3.05) is 5.32 Å². The molecule has 1 aromatic heterocycles. The fourth-order valence-corrected chi connectivity index (χ4v) is 3.36. The molecular formula is C19H20N2OS. The van der Waals surface area contributed by atoms with E-state index in [9.17, 15) is 4.79 Å². The van der Waals surface area contributed by atoms with E-state index in [1.165, 1.54) is 22.5 Å². The van der Waals surface area contributed by atoms with E-state index in [0.717, 1.165) is 16.6 Å². The normalized spacial score (nSPS) is 11.1. The van der Waals surface area contributed by atoms with Crippen LogP contribution in [0.25, 0.3) is 10.2 Å². The molecule has 2 aromatic carbocycles. The van der Waals surface area contributed by atoms with Crippen molar-refractivity contribution >= 4 is 32.6 Å². The number of aryl methyl sites for hydroxylation is 1. The summed E-state index contributed by atoms with van der Waals surface area (Å²) in [5, 5.41) is 3.55. The molecule has 0 saturated carbocycles. The maximum atomic E-state index is 12.4. The Morgan fingerprint density at radius 3 is 2.57 bits per heavy atom. The molecule has 0 bridgehead atoms. The topological polar surface area (TPSA) is 42.0 Å². The van der Waals surface area contributed by atoms with Gasteiger partial charge in [0, 0.05) is 5.56 Å². The number of nitrogens with one attached hydrogen (secondary N) is 1. The second kappa shape index (κ2) is 6.50. The minimum absolute atomic E-state index is 0.116. The van der Waals surface area contributed by atoms with Gasteiger partial charge in [-0.25, -0.2) is 4.98 Å². The van der Waals surface area contributed by atoms with E-state index in [0.29, 0.717) is 16.6 Å². The van der Waals surface area contributed by atoms with E-state index in [1.54, 1.807) is 0 Å². The first kappa shape index (κ1) is 15.7. The van der Waals surface area contributed by atoms with Gasteiger partial charge in [-0.2, -0.15) is 0 Å². The largest absolute Gasteiger partial charge is 0.298 e. The molecule has 23 heavy (non-hydrogen) atoms. The monoisotopic (exact) mass is 324 g/mol. The molecule has 0 aliphatic rings. The maximum Gasteiger partial charge on any atom is 0.257 e. The highest BCUT2D eigenvalue weighted by atomic mass is 32.1. The summed E-state index contributed by atoms with van der Waals surface area (Å²) >= 11 is 1.51. The van der Waals surface area contributed by atoms with Crippen LogP contribution in [0.4, 0.5) is 5.13 Å². The molecule has 0 aliphatic heterocycles. The summed E-state index contributed by atoms with van der Waals surface area (Å²) in [6.07, 6.45) is 0.998. The van der Waals surface area contributed by atoms with Crippen molar-refractivity contribution in [3.63, 3.8) is 0 Å². The summed E-state index contributed by atoms with van der Waals surface area (Å²) < 4.78 is 1.11. The van der Waals surface area contributed by atoms with E-state index in [4.69, 9.17) is 0 Å². The van der Waals surface area contributed by atoms with Crippen molar-refractivity contribution in [2.24, 2.45) is 0 Å². The Morgan fingerprint density at radius 1 is 1.17 bits per heavy atom. The highest BCUT2D eigenvalue weighted by Gasteiger charge is 2.10. The Balaban J connectivity index is 1.79. The lowest BCUT2D eigenvalue weighted by Gasteiger charge is -2.06. The molecule has 1 amide bonds. The number of hydrogen-bond donors (Lipinski definition) is 1. The number of anilines is 1. The predicted octanol–water partition coefficient (Wildman–Crippen LogP) is 5.23. The van der Waals surface area contributed by atoms with Crippen LogP contribution in [0.5, 0.6) is 0 Å². The van der Waals surface area contributed by atoms with Crippen LogP contribution >= 0.6 is 11.3 Å². The van der Waals surface area contributed by atoms with Gasteiger partial charge in [0.15, 0.2) is 5.13 Å². The standard InChI is InChI=1S/C19H20N2OS/c1-4-13-5-10-16-17(11-13)23-19(20-16)21-18(22)15-8-6-14(7-9-15)12(2)3/h5-12H,4H2,1-3H3,(H,20,21,22). The number of nitrogens with zero attached hydrogens (tertiary/aromatic N) is 1. The number of fused-ring (bicyclic) bond motifs is 1. The van der Waals surface area contributed by atoms with E-state index in [2.05, 4.69) is 43.2 Å². The number of carbonyl (C=O) groups excluding carboxylic acids is 1. The van der Waals surface area contributed by atoms with Crippen LogP contribution in [0.1, 0.15) is 48.2 Å². The molecule has 0 radical (unpaired) electrons. The van der Waals surface area contributed by atoms with Gasteiger partial charge in [-0.3, -0.25) is 10.1 Å². The number of hydrogen-bond acceptors (Lipinski definition) is 3. The Hall–Kier alpha value is -2.20. The molecule has 3 rings (SSSR count). The van der Waals surface area contributed by atoms with Gasteiger partial charge in [-0.1, -0.05) is 50.3 Å². The molecule has 0 unspecified atom stereocenters. The van der Waals surface area contributed by atoms with Crippen molar-refractivity contribution < 1.29 is 4.79 Å². The Bertz CT molecular complexity index is 834. The van der Waals surface area contributed by atoms with E-state index in [-0.39, 0.29) is 5.91 Å². The summed E-state index contributed by atoms with van der Waals surface area (Å²) in [4.78, 5) is 16.8. The van der Waals surface area contributed by atoms with Gasteiger partial charge in [0.2, 0.25) is 0 Å². The van der Waals surface area contributed by atoms with Gasteiger partial charge in [-0.15, -0.1) is 0 Å². The molecule has 3 aromatic rings. The number of benzene rings is 2. The summed E-state index contributed by atoms with van der Waals surface area (Å²) in [7, 11) is 0. The van der Waals surface area contributed by atoms with Gasteiger partial charge < -0.3 is 0 Å². The van der Waals surface area contributed by atoms with Gasteiger partial charge in [0.05, 0.1) is 10.2 Å². The Labute approximate surface area is 140 Å². The lowest BCUT2D eigenvalue weighted by atomic mass is 10.0. The van der Waals surface area contributed by atoms with Crippen LogP contribution in [0.2, 0.25) is 0 Å². The van der Waals surface area contributed by atoms with E-state index in [1.807, 2.05) is 30.3 Å². The zero-order valence-corrected chi connectivity index (χ0v) is 14.4. The third-order valence-electron chi connectivity index (χ3n) is 3.92. The first-order valence-electron chi connectivity index (χ1n) is 7.87. The molecule has 0 spiro atoms. The van der Waals surface area contributed by atoms with Crippen LogP contribution in [0.3, 0.4) is 0 Å². The number of amides is 1. The average molecular weight is 324 g/mol. The second-order valence-electron chi connectivity index (χ2n) is 5.91. The molecule has 1 heterocycles. The minimum atomic E-state index is -0.116. The molecule has 0 atom stereocenters. The molecule has 1 N–H and O–H groups in total. The summed E-state index contributed by atoms with van der Waals surface area (Å²) in [5.41, 5.74) is 4.09. The lowest BCUT2D eigenvalue weighted by molar-refractivity contribution is 0.102. The average Bonchev–Trinajstić information content (AvgIpc) is 2.95. The third-order valence-corrected chi connectivity index (χ3v) is 4.85. The highest BCUT2D eigenvalue weighted by Crippen LogP contribution is 2.27. The van der Waals surface area contributed by atoms with Gasteiger partial charge in [0.25, 0.3) is 5.91 Å². The molecule has 0 fully saturated rings. The second-order valence-corrected chi connectivity index (χ2v) is 6.94. The van der Waals surface area contributed by atoms with Crippen LogP contribution < -0.4 is 5.32 Å². The smallest absolute Gasteiger partial charge is 0.257 e. The number of carbonyl (C=O) groups is 1. The van der Waals surface area contributed by atoms with Crippen LogP contribution in [0.15, 0.2) is 42.5 Å². The quantitative estimate of drug-likeness (QED) is 0.713. The zero-order valence-electron chi connectivity index (χ0n) is 13.6. The van der Waals surface area contributed by atoms with Gasteiger partial charge >= 0.3 is 0 Å². The van der Waals surface area contributed by atoms with Crippen molar-refractivity contribution in [3.05, 3.63) is 59.2 Å². The van der Waals surface area contributed by atoms with Crippen LogP contribution in [-0.2, 0) is 6.42 Å². The van der Waals surface area contributed by atoms with Crippen LogP contribution in [0, 0.1) is 0 Å². The summed E-state index contributed by atoms with van der Waals surface area (Å²) in [5.74, 6) is 0.346. The van der Waals surface area contributed by atoms with Crippen molar-refractivity contribution in [2.45, 2.75) is 33.1 Å². The van der Waals surface area contributed by atoms with E-state index >= 15 is 0 Å². The van der Waals surface area contributed by atoms with Crippen molar-refractivity contribution in [1.82, 2.24) is 4.98 Å². The fraction of sp³-hybridized carbons (Fsp3) is 0.263. The highest BCUT2D eigenvalue weighted by molar-refractivity contribution is 7.22. The van der Waals surface area contributed by atoms with E-state index < -0.39 is 0 Å². The van der Waals surface area contributed by atoms with Crippen molar-refractivity contribution in [3.8, 4) is 0 Å². The Kier molecular flexibility index (Phi) is 4.44. The number of aromatic nitrogens is 1. The first-order chi connectivity index (χ1) is 11.1. The van der Waals surface area contributed by atoms with Crippen molar-refractivity contribution in [1.29, 1.82) is 0 Å². The molecule has 0 aliphatic carbocycles. The van der Waals surface area contributed by atoms with Gasteiger partial charge in [-0.05, 0) is 47.7 Å². The van der Waals surface area contributed by atoms with Gasteiger partial charge in [0.1, 0.15) is 0 Å². The summed E-state index contributed by atoms with van der Waals surface area (Å²) in [6.45, 7) is 6.41. The summed E-state index contributed by atoms with van der Waals surface area (Å²) in [6, 6.07) is 14.0. The van der Waals surface area contributed by atoms with Crippen LogP contribution in [-0.4, -0.2) is 10.9 Å². The lowest BCUT2D eigenvalue weighted by Crippen LogP contribution is -2.11. The maximum absolute atomic E-state index is 12.4. The first-order valence-corrected chi connectivity index (χ1v) is 8.69. The third kappa shape index (κ3) is 3.42. The number of rotatable bonds is 4.